The zero-order valence-electron chi connectivity index (χ0n) is 12.6. The highest BCUT2D eigenvalue weighted by Gasteiger charge is 2.37. The number of aromatic nitrogens is 1. The van der Waals surface area contributed by atoms with Crippen molar-refractivity contribution in [2.45, 2.75) is 63.6 Å². The summed E-state index contributed by atoms with van der Waals surface area (Å²) in [5.41, 5.74) is 1.37. The average molecular weight is 273 g/mol. The van der Waals surface area contributed by atoms with Crippen molar-refractivity contribution >= 4 is 0 Å². The van der Waals surface area contributed by atoms with Gasteiger partial charge in [0.1, 0.15) is 0 Å². The summed E-state index contributed by atoms with van der Waals surface area (Å²) in [6.07, 6.45) is 11.9. The van der Waals surface area contributed by atoms with Crippen molar-refractivity contribution < 1.29 is 0 Å². The van der Waals surface area contributed by atoms with Crippen molar-refractivity contribution in [1.29, 1.82) is 0 Å². The van der Waals surface area contributed by atoms with Crippen LogP contribution >= 0.6 is 0 Å². The van der Waals surface area contributed by atoms with Gasteiger partial charge in [-0.15, -0.1) is 0 Å². The number of pyridine rings is 1. The first-order valence-corrected chi connectivity index (χ1v) is 8.25. The molecule has 2 bridgehead atoms. The number of nitrogens with one attached hydrogen (secondary N) is 1. The Morgan fingerprint density at radius 3 is 2.75 bits per heavy atom. The van der Waals surface area contributed by atoms with E-state index >= 15 is 0 Å². The van der Waals surface area contributed by atoms with E-state index in [-0.39, 0.29) is 0 Å². The minimum atomic E-state index is 0.755. The molecule has 1 aromatic heterocycles. The summed E-state index contributed by atoms with van der Waals surface area (Å²) in [4.78, 5) is 7.02. The lowest BCUT2D eigenvalue weighted by Gasteiger charge is -2.49. The molecule has 0 aliphatic carbocycles. The van der Waals surface area contributed by atoms with Crippen molar-refractivity contribution in [3.8, 4) is 0 Å². The molecule has 110 valence electrons. The van der Waals surface area contributed by atoms with Gasteiger partial charge >= 0.3 is 0 Å². The molecule has 2 atom stereocenters. The zero-order chi connectivity index (χ0) is 13.8. The molecule has 0 aromatic carbocycles. The van der Waals surface area contributed by atoms with Gasteiger partial charge in [-0.3, -0.25) is 9.88 Å². The lowest BCUT2D eigenvalue weighted by Crippen LogP contribution is -2.56. The molecule has 2 aliphatic heterocycles. The summed E-state index contributed by atoms with van der Waals surface area (Å²) in [7, 11) is 0. The fraction of sp³-hybridized carbons (Fsp3) is 0.706. The number of hydrogen-bond donors (Lipinski definition) is 1. The maximum atomic E-state index is 4.23. The van der Waals surface area contributed by atoms with Crippen LogP contribution in [0.15, 0.2) is 24.5 Å². The van der Waals surface area contributed by atoms with Crippen molar-refractivity contribution in [3.05, 3.63) is 30.1 Å². The van der Waals surface area contributed by atoms with Gasteiger partial charge in [0, 0.05) is 37.1 Å². The van der Waals surface area contributed by atoms with Gasteiger partial charge in [0.05, 0.1) is 0 Å². The lowest BCUT2D eigenvalue weighted by atomic mass is 9.81. The highest BCUT2D eigenvalue weighted by molar-refractivity contribution is 5.09. The van der Waals surface area contributed by atoms with Crippen LogP contribution in [0, 0.1) is 0 Å². The topological polar surface area (TPSA) is 28.2 Å². The van der Waals surface area contributed by atoms with Crippen LogP contribution in [0.4, 0.5) is 0 Å². The quantitative estimate of drug-likeness (QED) is 0.894. The van der Waals surface area contributed by atoms with Crippen molar-refractivity contribution in [3.63, 3.8) is 0 Å². The Hall–Kier alpha value is -0.930. The molecule has 3 nitrogen and oxygen atoms in total. The Balaban J connectivity index is 1.59. The molecular formula is C17H27N3. The van der Waals surface area contributed by atoms with Gasteiger partial charge in [0.2, 0.25) is 0 Å². The van der Waals surface area contributed by atoms with E-state index in [0.29, 0.717) is 0 Å². The summed E-state index contributed by atoms with van der Waals surface area (Å²) in [6, 6.07) is 6.62. The van der Waals surface area contributed by atoms with Gasteiger partial charge in [0.25, 0.3) is 0 Å². The van der Waals surface area contributed by atoms with Crippen molar-refractivity contribution in [1.82, 2.24) is 15.2 Å². The average Bonchev–Trinajstić information content (AvgIpc) is 2.46. The first-order valence-electron chi connectivity index (χ1n) is 8.25. The third-order valence-electron chi connectivity index (χ3n) is 5.00. The van der Waals surface area contributed by atoms with Crippen LogP contribution in [-0.2, 0) is 6.42 Å². The molecule has 3 heterocycles. The Bertz CT molecular complexity index is 392. The fourth-order valence-electron chi connectivity index (χ4n) is 4.10. The molecule has 2 saturated heterocycles. The van der Waals surface area contributed by atoms with Crippen LogP contribution in [0.1, 0.15) is 44.6 Å². The molecular weight excluding hydrogens is 246 g/mol. The van der Waals surface area contributed by atoms with E-state index < -0.39 is 0 Å². The molecule has 3 heteroatoms. The van der Waals surface area contributed by atoms with Gasteiger partial charge < -0.3 is 5.32 Å². The molecule has 2 unspecified atom stereocenters. The van der Waals surface area contributed by atoms with E-state index in [1.54, 1.807) is 0 Å². The van der Waals surface area contributed by atoms with E-state index in [2.05, 4.69) is 28.2 Å². The molecule has 1 aromatic rings. The highest BCUT2D eigenvalue weighted by atomic mass is 15.2. The van der Waals surface area contributed by atoms with Gasteiger partial charge in [0.15, 0.2) is 0 Å². The minimum absolute atomic E-state index is 0.755. The highest BCUT2D eigenvalue weighted by Crippen LogP contribution is 2.34. The van der Waals surface area contributed by atoms with Crippen LogP contribution in [0.2, 0.25) is 0 Å². The second-order valence-corrected chi connectivity index (χ2v) is 6.31. The Labute approximate surface area is 122 Å². The van der Waals surface area contributed by atoms with Crippen molar-refractivity contribution in [2.24, 2.45) is 0 Å². The third kappa shape index (κ3) is 3.21. The number of hydrogen-bond acceptors (Lipinski definition) is 3. The molecule has 20 heavy (non-hydrogen) atoms. The molecule has 0 amide bonds. The maximum absolute atomic E-state index is 4.23. The van der Waals surface area contributed by atoms with Crippen LogP contribution in [0.5, 0.6) is 0 Å². The van der Waals surface area contributed by atoms with Crippen LogP contribution in [-0.4, -0.2) is 41.1 Å². The van der Waals surface area contributed by atoms with E-state index in [9.17, 15) is 0 Å². The van der Waals surface area contributed by atoms with Gasteiger partial charge in [-0.05, 0) is 50.3 Å². The predicted molar refractivity (Wildman–Crippen MR) is 82.8 cm³/mol. The van der Waals surface area contributed by atoms with Crippen molar-refractivity contribution in [2.75, 3.05) is 13.1 Å². The Kier molecular flexibility index (Phi) is 4.69. The molecule has 0 spiro atoms. The summed E-state index contributed by atoms with van der Waals surface area (Å²) in [5, 5.41) is 3.67. The van der Waals surface area contributed by atoms with Gasteiger partial charge in [-0.2, -0.15) is 0 Å². The van der Waals surface area contributed by atoms with E-state index in [1.165, 1.54) is 44.2 Å². The van der Waals surface area contributed by atoms with E-state index in [4.69, 9.17) is 0 Å². The normalized spacial score (nSPS) is 30.4. The van der Waals surface area contributed by atoms with Gasteiger partial charge in [-0.25, -0.2) is 0 Å². The molecule has 1 N–H and O–H groups in total. The predicted octanol–water partition coefficient (Wildman–Crippen LogP) is 2.62. The van der Waals surface area contributed by atoms with E-state index in [1.807, 2.05) is 18.5 Å². The molecule has 0 saturated carbocycles. The third-order valence-corrected chi connectivity index (χ3v) is 5.00. The van der Waals surface area contributed by atoms with Gasteiger partial charge in [-0.1, -0.05) is 19.4 Å². The smallest absolute Gasteiger partial charge is 0.0300 e. The molecule has 0 radical (unpaired) electrons. The second kappa shape index (κ2) is 6.68. The first kappa shape index (κ1) is 14.0. The summed E-state index contributed by atoms with van der Waals surface area (Å²) in [5.74, 6) is 0. The zero-order valence-corrected chi connectivity index (χ0v) is 12.6. The SMILES string of the molecule is CCNC1CC2CCCC(C1)N2CCc1cccnc1. The summed E-state index contributed by atoms with van der Waals surface area (Å²) >= 11 is 0. The number of rotatable bonds is 5. The Morgan fingerprint density at radius 1 is 1.30 bits per heavy atom. The molecule has 2 aliphatic rings. The van der Waals surface area contributed by atoms with Crippen LogP contribution in [0.3, 0.4) is 0 Å². The summed E-state index contributed by atoms with van der Waals surface area (Å²) < 4.78 is 0. The second-order valence-electron chi connectivity index (χ2n) is 6.31. The number of piperidine rings is 2. The fourth-order valence-corrected chi connectivity index (χ4v) is 4.10. The molecule has 2 fully saturated rings. The monoisotopic (exact) mass is 273 g/mol. The number of nitrogens with zero attached hydrogens (tertiary/aromatic N) is 2. The minimum Gasteiger partial charge on any atom is -0.314 e. The number of fused-ring (bicyclic) bond motifs is 2. The maximum Gasteiger partial charge on any atom is 0.0300 e. The van der Waals surface area contributed by atoms with E-state index in [0.717, 1.165) is 31.1 Å². The van der Waals surface area contributed by atoms with Crippen LogP contribution < -0.4 is 5.32 Å². The molecule has 3 rings (SSSR count). The Morgan fingerprint density at radius 2 is 2.10 bits per heavy atom. The standard InChI is InChI=1S/C17H27N3/c1-2-19-15-11-16-6-3-7-17(12-15)20(16)10-8-14-5-4-9-18-13-14/h4-5,9,13,15-17,19H,2-3,6-8,10-12H2,1H3. The summed E-state index contributed by atoms with van der Waals surface area (Å²) in [6.45, 7) is 4.55. The van der Waals surface area contributed by atoms with Crippen LogP contribution in [0.25, 0.3) is 0 Å². The largest absolute Gasteiger partial charge is 0.314 e. The lowest BCUT2D eigenvalue weighted by molar-refractivity contribution is 0.0259. The first-order chi connectivity index (χ1) is 9.86.